The average Bonchev–Trinajstić information content (AvgIpc) is 3.17. The summed E-state index contributed by atoms with van der Waals surface area (Å²) in [4.78, 5) is 0. The third-order valence-corrected chi connectivity index (χ3v) is 3.55. The van der Waals surface area contributed by atoms with Gasteiger partial charge in [0, 0.05) is 30.1 Å². The van der Waals surface area contributed by atoms with Gasteiger partial charge in [-0.3, -0.25) is 4.68 Å². The smallest absolute Gasteiger partial charge is 0.151 e. The quantitative estimate of drug-likeness (QED) is 0.759. The van der Waals surface area contributed by atoms with E-state index in [1.54, 1.807) is 6.20 Å². The summed E-state index contributed by atoms with van der Waals surface area (Å²) < 4.78 is 7.31. The lowest BCUT2D eigenvalue weighted by molar-refractivity contribution is 0.357. The summed E-state index contributed by atoms with van der Waals surface area (Å²) in [6.07, 6.45) is 3.75. The Kier molecular flexibility index (Phi) is 4.34. The van der Waals surface area contributed by atoms with Crippen LogP contribution in [-0.2, 0) is 13.1 Å². The van der Waals surface area contributed by atoms with Crippen molar-refractivity contribution in [3.05, 3.63) is 60.1 Å². The number of rotatable bonds is 6. The molecule has 3 rings (SSSR count). The molecule has 114 valence electrons. The first-order valence-electron chi connectivity index (χ1n) is 7.44. The van der Waals surface area contributed by atoms with Crippen LogP contribution in [0.15, 0.2) is 53.3 Å². The minimum absolute atomic E-state index is 0.299. The Morgan fingerprint density at radius 2 is 2.09 bits per heavy atom. The normalized spacial score (nSPS) is 12.5. The monoisotopic (exact) mass is 296 g/mol. The van der Waals surface area contributed by atoms with Crippen LogP contribution in [0.5, 0.6) is 0 Å². The molecule has 0 unspecified atom stereocenters. The van der Waals surface area contributed by atoms with Crippen LogP contribution in [0, 0.1) is 6.92 Å². The van der Waals surface area contributed by atoms with Gasteiger partial charge in [-0.1, -0.05) is 35.0 Å². The van der Waals surface area contributed by atoms with Crippen molar-refractivity contribution in [1.82, 2.24) is 20.3 Å². The molecule has 0 aliphatic carbocycles. The van der Waals surface area contributed by atoms with Crippen molar-refractivity contribution < 1.29 is 4.52 Å². The number of aromatic nitrogens is 3. The first-order valence-corrected chi connectivity index (χ1v) is 7.44. The molecule has 0 aliphatic heterocycles. The average molecular weight is 296 g/mol. The zero-order valence-corrected chi connectivity index (χ0v) is 12.9. The van der Waals surface area contributed by atoms with Crippen molar-refractivity contribution in [3.63, 3.8) is 0 Å². The molecule has 2 aromatic heterocycles. The van der Waals surface area contributed by atoms with Crippen molar-refractivity contribution in [2.24, 2.45) is 0 Å². The molecule has 0 amide bonds. The van der Waals surface area contributed by atoms with Crippen molar-refractivity contribution in [1.29, 1.82) is 0 Å². The molecule has 5 heteroatoms. The highest BCUT2D eigenvalue weighted by Gasteiger charge is 2.08. The Labute approximate surface area is 129 Å². The highest BCUT2D eigenvalue weighted by atomic mass is 16.5. The minimum atomic E-state index is 0.299. The molecule has 0 saturated heterocycles. The summed E-state index contributed by atoms with van der Waals surface area (Å²) in [6, 6.07) is 12.5. The number of hydrogen-bond donors (Lipinski definition) is 1. The van der Waals surface area contributed by atoms with Gasteiger partial charge >= 0.3 is 0 Å². The second-order valence-electron chi connectivity index (χ2n) is 5.55. The lowest BCUT2D eigenvalue weighted by Crippen LogP contribution is -2.29. The van der Waals surface area contributed by atoms with Crippen molar-refractivity contribution in [3.8, 4) is 11.3 Å². The standard InChI is InChI=1S/C17H20N4O/c1-13-4-6-15(7-5-13)17-10-16(22-20-17)11-18-14(2)12-21-9-3-8-19-21/h3-10,14,18H,11-12H2,1-2H3/t14-/m0/s1. The SMILES string of the molecule is Cc1ccc(-c2cc(CN[C@@H](C)Cn3cccn3)on2)cc1. The molecule has 1 aromatic carbocycles. The van der Waals surface area contributed by atoms with E-state index in [4.69, 9.17) is 4.52 Å². The van der Waals surface area contributed by atoms with E-state index in [0.717, 1.165) is 23.6 Å². The summed E-state index contributed by atoms with van der Waals surface area (Å²) in [7, 11) is 0. The molecular weight excluding hydrogens is 276 g/mol. The summed E-state index contributed by atoms with van der Waals surface area (Å²) in [5.74, 6) is 0.836. The molecule has 22 heavy (non-hydrogen) atoms. The van der Waals surface area contributed by atoms with E-state index in [1.807, 2.05) is 23.0 Å². The van der Waals surface area contributed by atoms with Crippen LogP contribution < -0.4 is 5.32 Å². The first-order chi connectivity index (χ1) is 10.7. The predicted octanol–water partition coefficient (Wildman–Crippen LogP) is 3.02. The maximum absolute atomic E-state index is 5.40. The molecule has 0 fully saturated rings. The highest BCUT2D eigenvalue weighted by molar-refractivity contribution is 5.59. The molecule has 0 aliphatic rings. The zero-order chi connectivity index (χ0) is 15.4. The molecule has 2 heterocycles. The fourth-order valence-corrected chi connectivity index (χ4v) is 2.29. The number of benzene rings is 1. The topological polar surface area (TPSA) is 55.9 Å². The third-order valence-electron chi connectivity index (χ3n) is 3.55. The fourth-order valence-electron chi connectivity index (χ4n) is 2.29. The van der Waals surface area contributed by atoms with Gasteiger partial charge < -0.3 is 9.84 Å². The van der Waals surface area contributed by atoms with E-state index in [-0.39, 0.29) is 0 Å². The van der Waals surface area contributed by atoms with E-state index in [0.29, 0.717) is 12.6 Å². The minimum Gasteiger partial charge on any atom is -0.359 e. The highest BCUT2D eigenvalue weighted by Crippen LogP contribution is 2.19. The van der Waals surface area contributed by atoms with Crippen LogP contribution in [0.1, 0.15) is 18.2 Å². The van der Waals surface area contributed by atoms with Gasteiger partial charge in [-0.25, -0.2) is 0 Å². The summed E-state index contributed by atoms with van der Waals surface area (Å²) in [6.45, 7) is 5.68. The first kappa shape index (κ1) is 14.5. The molecule has 0 saturated carbocycles. The van der Waals surface area contributed by atoms with Crippen LogP contribution in [0.2, 0.25) is 0 Å². The van der Waals surface area contributed by atoms with E-state index in [1.165, 1.54) is 5.56 Å². The van der Waals surface area contributed by atoms with Gasteiger partial charge in [-0.15, -0.1) is 0 Å². The molecule has 0 radical (unpaired) electrons. The summed E-state index contributed by atoms with van der Waals surface area (Å²) >= 11 is 0. The molecule has 5 nitrogen and oxygen atoms in total. The van der Waals surface area contributed by atoms with E-state index in [2.05, 4.69) is 53.7 Å². The van der Waals surface area contributed by atoms with Crippen LogP contribution >= 0.6 is 0 Å². The molecule has 3 aromatic rings. The molecule has 1 N–H and O–H groups in total. The Balaban J connectivity index is 1.56. The maximum Gasteiger partial charge on any atom is 0.151 e. The van der Waals surface area contributed by atoms with Crippen molar-refractivity contribution >= 4 is 0 Å². The van der Waals surface area contributed by atoms with Crippen LogP contribution in [0.3, 0.4) is 0 Å². The van der Waals surface area contributed by atoms with Gasteiger partial charge in [0.25, 0.3) is 0 Å². The molecule has 0 bridgehead atoms. The summed E-state index contributed by atoms with van der Waals surface area (Å²) in [5, 5.41) is 11.8. The zero-order valence-electron chi connectivity index (χ0n) is 12.9. The van der Waals surface area contributed by atoms with Crippen LogP contribution in [0.4, 0.5) is 0 Å². The second-order valence-corrected chi connectivity index (χ2v) is 5.55. The maximum atomic E-state index is 5.40. The lowest BCUT2D eigenvalue weighted by Gasteiger charge is -2.12. The van der Waals surface area contributed by atoms with Gasteiger partial charge in [-0.2, -0.15) is 5.10 Å². The Bertz CT molecular complexity index is 701. The number of aryl methyl sites for hydroxylation is 1. The fraction of sp³-hybridized carbons (Fsp3) is 0.294. The Hall–Kier alpha value is -2.40. The Morgan fingerprint density at radius 3 is 2.82 bits per heavy atom. The second kappa shape index (κ2) is 6.58. The number of nitrogens with one attached hydrogen (secondary N) is 1. The van der Waals surface area contributed by atoms with Crippen LogP contribution in [0.25, 0.3) is 11.3 Å². The molecule has 1 atom stereocenters. The van der Waals surface area contributed by atoms with Gasteiger partial charge in [0.2, 0.25) is 0 Å². The Morgan fingerprint density at radius 1 is 1.27 bits per heavy atom. The third kappa shape index (κ3) is 3.62. The van der Waals surface area contributed by atoms with Crippen molar-refractivity contribution in [2.75, 3.05) is 0 Å². The van der Waals surface area contributed by atoms with Crippen molar-refractivity contribution in [2.45, 2.75) is 33.0 Å². The van der Waals surface area contributed by atoms with Crippen LogP contribution in [-0.4, -0.2) is 21.0 Å². The van der Waals surface area contributed by atoms with Gasteiger partial charge in [0.15, 0.2) is 5.76 Å². The predicted molar refractivity (Wildman–Crippen MR) is 85.2 cm³/mol. The summed E-state index contributed by atoms with van der Waals surface area (Å²) in [5.41, 5.74) is 3.18. The lowest BCUT2D eigenvalue weighted by atomic mass is 10.1. The molecule has 0 spiro atoms. The largest absolute Gasteiger partial charge is 0.359 e. The number of hydrogen-bond acceptors (Lipinski definition) is 4. The van der Waals surface area contributed by atoms with Gasteiger partial charge in [0.05, 0.1) is 13.1 Å². The van der Waals surface area contributed by atoms with Gasteiger partial charge in [-0.05, 0) is 19.9 Å². The number of nitrogens with zero attached hydrogens (tertiary/aromatic N) is 3. The van der Waals surface area contributed by atoms with Gasteiger partial charge in [0.1, 0.15) is 5.69 Å². The molecular formula is C17H20N4O. The van der Waals surface area contributed by atoms with E-state index < -0.39 is 0 Å². The van der Waals surface area contributed by atoms with E-state index >= 15 is 0 Å². The van der Waals surface area contributed by atoms with E-state index in [9.17, 15) is 0 Å².